The number of carbonyl (C=O) groups is 1. The molecule has 108 valence electrons. The quantitative estimate of drug-likeness (QED) is 0.278. The highest BCUT2D eigenvalue weighted by Gasteiger charge is 2.28. The normalized spacial score (nSPS) is 14.4. The molecule has 0 bridgehead atoms. The van der Waals surface area contributed by atoms with Gasteiger partial charge in [0.15, 0.2) is 0 Å². The van der Waals surface area contributed by atoms with E-state index in [1.807, 2.05) is 20.8 Å². The lowest BCUT2D eigenvalue weighted by atomic mass is 9.74. The van der Waals surface area contributed by atoms with Crippen LogP contribution in [-0.4, -0.2) is 22.9 Å². The van der Waals surface area contributed by atoms with Crippen molar-refractivity contribution in [1.82, 2.24) is 5.43 Å². The summed E-state index contributed by atoms with van der Waals surface area (Å²) >= 11 is 0. The van der Waals surface area contributed by atoms with Crippen molar-refractivity contribution < 1.29 is 9.77 Å². The highest BCUT2D eigenvalue weighted by molar-refractivity contribution is 5.88. The Morgan fingerprint density at radius 1 is 1.53 bits per heavy atom. The Kier molecular flexibility index (Phi) is 6.67. The predicted octanol–water partition coefficient (Wildman–Crippen LogP) is 1.11. The van der Waals surface area contributed by atoms with Crippen molar-refractivity contribution in [2.24, 2.45) is 33.1 Å². The summed E-state index contributed by atoms with van der Waals surface area (Å²) in [6.07, 6.45) is 2.93. The molecular weight excluding hydrogens is 248 g/mol. The molecule has 0 aliphatic heterocycles. The van der Waals surface area contributed by atoms with Crippen molar-refractivity contribution in [3.05, 3.63) is 4.91 Å². The van der Waals surface area contributed by atoms with Gasteiger partial charge in [0.1, 0.15) is 0 Å². The molecule has 2 amide bonds. The summed E-state index contributed by atoms with van der Waals surface area (Å²) in [7, 11) is 0. The van der Waals surface area contributed by atoms with Crippen LogP contribution in [0.1, 0.15) is 40.5 Å². The second-order valence-corrected chi connectivity index (χ2v) is 4.97. The van der Waals surface area contributed by atoms with E-state index in [-0.39, 0.29) is 16.3 Å². The Bertz CT molecular complexity index is 389. The maximum absolute atomic E-state index is 10.6. The summed E-state index contributed by atoms with van der Waals surface area (Å²) in [5.74, 6) is 5.09. The number of primary amides is 1. The van der Waals surface area contributed by atoms with E-state index in [1.165, 1.54) is 6.21 Å². The number of nitrogens with zero attached hydrogens (tertiary/aromatic N) is 3. The lowest BCUT2D eigenvalue weighted by Gasteiger charge is -2.31. The number of hydrazine groups is 1. The summed E-state index contributed by atoms with van der Waals surface area (Å²) < 4.78 is 0. The minimum absolute atomic E-state index is 0.0271. The molecule has 0 saturated heterocycles. The highest BCUT2D eigenvalue weighted by Crippen LogP contribution is 2.31. The first kappa shape index (κ1) is 17.0. The Morgan fingerprint density at radius 3 is 2.58 bits per heavy atom. The molecule has 0 heterocycles. The van der Waals surface area contributed by atoms with Crippen molar-refractivity contribution in [3.63, 3.8) is 0 Å². The van der Waals surface area contributed by atoms with Crippen LogP contribution in [0.15, 0.2) is 10.2 Å². The van der Waals surface area contributed by atoms with Crippen LogP contribution in [0.3, 0.4) is 0 Å². The SMILES string of the molecule is C/C(=N/NC(N)=O)C(C)(C)[C@H](C)CC/C=N/[N+](N)=O. The average Bonchev–Trinajstić information content (AvgIpc) is 2.30. The van der Waals surface area contributed by atoms with Crippen molar-refractivity contribution >= 4 is 18.0 Å². The van der Waals surface area contributed by atoms with Gasteiger partial charge in [-0.05, 0) is 25.7 Å². The van der Waals surface area contributed by atoms with E-state index in [0.29, 0.717) is 6.42 Å². The first-order valence-corrected chi connectivity index (χ1v) is 6.02. The molecule has 8 heteroatoms. The Morgan fingerprint density at radius 2 is 2.11 bits per heavy atom. The van der Waals surface area contributed by atoms with Crippen molar-refractivity contribution in [1.29, 1.82) is 0 Å². The van der Waals surface area contributed by atoms with Crippen LogP contribution in [0.4, 0.5) is 4.79 Å². The van der Waals surface area contributed by atoms with Gasteiger partial charge >= 0.3 is 6.03 Å². The number of carbonyl (C=O) groups excluding carboxylic acids is 1. The predicted molar refractivity (Wildman–Crippen MR) is 74.3 cm³/mol. The van der Waals surface area contributed by atoms with E-state index in [0.717, 1.165) is 12.1 Å². The molecule has 0 fully saturated rings. The van der Waals surface area contributed by atoms with Gasteiger partial charge in [0, 0.05) is 11.1 Å². The van der Waals surface area contributed by atoms with Crippen LogP contribution in [-0.2, 0) is 0 Å². The molecule has 0 aromatic carbocycles. The largest absolute Gasteiger partial charge is 0.350 e. The van der Waals surface area contributed by atoms with Crippen LogP contribution >= 0.6 is 0 Å². The Hall–Kier alpha value is -1.99. The summed E-state index contributed by atoms with van der Waals surface area (Å²) in [6, 6.07) is -0.687. The summed E-state index contributed by atoms with van der Waals surface area (Å²) in [6.45, 7) is 7.95. The second kappa shape index (κ2) is 7.45. The van der Waals surface area contributed by atoms with Crippen molar-refractivity contribution in [2.75, 3.05) is 0 Å². The van der Waals surface area contributed by atoms with Gasteiger partial charge in [0.25, 0.3) is 4.98 Å². The molecule has 0 aliphatic rings. The topological polar surface area (TPSA) is 126 Å². The molecule has 0 rings (SSSR count). The number of amides is 2. The van der Waals surface area contributed by atoms with Gasteiger partial charge in [-0.3, -0.25) is 0 Å². The number of nitrogens with one attached hydrogen (secondary N) is 1. The Balaban J connectivity index is 4.49. The molecule has 0 saturated carbocycles. The molecule has 0 spiro atoms. The van der Waals surface area contributed by atoms with Crippen LogP contribution in [0.25, 0.3) is 0 Å². The number of hydrogen-bond acceptors (Lipinski definition) is 3. The summed E-state index contributed by atoms with van der Waals surface area (Å²) in [4.78, 5) is 21.0. The van der Waals surface area contributed by atoms with Gasteiger partial charge in [-0.25, -0.2) is 10.2 Å². The molecule has 1 atom stereocenters. The summed E-state index contributed by atoms with van der Waals surface area (Å²) in [5, 5.41) is 7.36. The van der Waals surface area contributed by atoms with Crippen molar-refractivity contribution in [2.45, 2.75) is 40.5 Å². The smallest absolute Gasteiger partial charge is 0.332 e. The molecule has 0 aliphatic carbocycles. The first-order valence-electron chi connectivity index (χ1n) is 6.02. The van der Waals surface area contributed by atoms with Gasteiger partial charge in [-0.2, -0.15) is 5.10 Å². The molecule has 0 aromatic heterocycles. The monoisotopic (exact) mass is 271 g/mol. The zero-order valence-electron chi connectivity index (χ0n) is 11.9. The zero-order valence-corrected chi connectivity index (χ0v) is 11.9. The van der Waals surface area contributed by atoms with Crippen LogP contribution in [0, 0.1) is 16.2 Å². The molecule has 0 aromatic rings. The summed E-state index contributed by atoms with van der Waals surface area (Å²) in [5.41, 5.74) is 7.76. The highest BCUT2D eigenvalue weighted by atomic mass is 16.3. The fourth-order valence-electron chi connectivity index (χ4n) is 1.46. The maximum atomic E-state index is 10.6. The molecule has 5 N–H and O–H groups in total. The van der Waals surface area contributed by atoms with Gasteiger partial charge in [-0.15, -0.1) is 5.84 Å². The van der Waals surface area contributed by atoms with Crippen LogP contribution in [0.5, 0.6) is 0 Å². The second-order valence-electron chi connectivity index (χ2n) is 4.97. The molecule has 8 nitrogen and oxygen atoms in total. The third-order valence-electron chi connectivity index (χ3n) is 3.42. The molecule has 0 unspecified atom stereocenters. The van der Waals surface area contributed by atoms with E-state index in [2.05, 4.69) is 22.6 Å². The number of nitroso groups, excluding NO2 is 1. The van der Waals surface area contributed by atoms with Crippen molar-refractivity contribution in [3.8, 4) is 0 Å². The number of hydrazone groups is 2. The molecular formula is C11H23N6O2+. The first-order chi connectivity index (χ1) is 8.67. The van der Waals surface area contributed by atoms with Crippen LogP contribution < -0.4 is 17.0 Å². The molecule has 19 heavy (non-hydrogen) atoms. The Labute approximate surface area is 112 Å². The zero-order chi connectivity index (χ0) is 15.1. The number of nitrogens with two attached hydrogens (primary N) is 2. The van der Waals surface area contributed by atoms with E-state index in [4.69, 9.17) is 11.6 Å². The maximum Gasteiger partial charge on any atom is 0.332 e. The fourth-order valence-corrected chi connectivity index (χ4v) is 1.46. The fraction of sp³-hybridized carbons (Fsp3) is 0.727. The third kappa shape index (κ3) is 6.49. The van der Waals surface area contributed by atoms with Crippen LogP contribution in [0.2, 0.25) is 0 Å². The van der Waals surface area contributed by atoms with E-state index in [1.54, 1.807) is 0 Å². The van der Waals surface area contributed by atoms with Gasteiger partial charge < -0.3 is 5.73 Å². The lowest BCUT2D eigenvalue weighted by Crippen LogP contribution is -2.33. The average molecular weight is 271 g/mol. The number of urea groups is 1. The third-order valence-corrected chi connectivity index (χ3v) is 3.42. The van der Waals surface area contributed by atoms with E-state index >= 15 is 0 Å². The minimum atomic E-state index is -0.687. The number of rotatable bonds is 7. The van der Waals surface area contributed by atoms with Gasteiger partial charge in [-0.1, -0.05) is 20.8 Å². The molecule has 0 radical (unpaired) electrons. The minimum Gasteiger partial charge on any atom is -0.350 e. The van der Waals surface area contributed by atoms with Gasteiger partial charge in [0.05, 0.1) is 16.2 Å². The van der Waals surface area contributed by atoms with E-state index < -0.39 is 6.03 Å². The lowest BCUT2D eigenvalue weighted by molar-refractivity contribution is -0.565. The van der Waals surface area contributed by atoms with E-state index in [9.17, 15) is 9.70 Å². The standard InChI is InChI=1S/C11H22N6O2/c1-8(6-5-7-14-17(13)19)11(3,4)9(2)15-16-10(12)18/h7-8H,5-6H2,1-4H3,(H4-,12,13,16,18,19)/p+1/b14-7+,15-9-/t8-/m1/s1. The van der Waals surface area contributed by atoms with Gasteiger partial charge in [0.2, 0.25) is 0 Å². The number of hydrogen-bond donors (Lipinski definition) is 3.